The van der Waals surface area contributed by atoms with Gasteiger partial charge >= 0.3 is 0 Å². The molecule has 1 aromatic heterocycles. The van der Waals surface area contributed by atoms with Crippen LogP contribution >= 0.6 is 174 Å². The van der Waals surface area contributed by atoms with Crippen LogP contribution in [0.1, 0.15) is 45.7 Å². The molecule has 4 aliphatic heterocycles. The summed E-state index contributed by atoms with van der Waals surface area (Å²) in [6.07, 6.45) is -2.13. The average Bonchev–Trinajstić information content (AvgIpc) is 3.88. The first-order chi connectivity index (χ1) is 26.9. The van der Waals surface area contributed by atoms with Gasteiger partial charge in [-0.2, -0.15) is 0 Å². The van der Waals surface area contributed by atoms with E-state index in [-0.39, 0.29) is 137 Å². The van der Waals surface area contributed by atoms with E-state index in [1.807, 2.05) is 0 Å². The van der Waals surface area contributed by atoms with E-state index in [2.05, 4.69) is 0 Å². The molecule has 8 bridgehead atoms. The van der Waals surface area contributed by atoms with Gasteiger partial charge in [-0.1, -0.05) is 174 Å². The van der Waals surface area contributed by atoms with E-state index in [9.17, 15) is 0 Å². The van der Waals surface area contributed by atoms with Crippen LogP contribution in [0.4, 0.5) is 0 Å². The van der Waals surface area contributed by atoms with Gasteiger partial charge in [0.15, 0.2) is 29.8 Å². The summed E-state index contributed by atoms with van der Waals surface area (Å²) in [5.41, 5.74) is 1.98. The number of hydrogen-bond donors (Lipinski definition) is 0. The minimum atomic E-state index is -1.10. The zero-order valence-corrected chi connectivity index (χ0v) is 38.8. The summed E-state index contributed by atoms with van der Waals surface area (Å²) in [4.78, 5) is 31.6. The molecule has 0 saturated heterocycles. The zero-order valence-electron chi connectivity index (χ0n) is 27.5. The molecule has 0 N–H and O–H groups in total. The van der Waals surface area contributed by atoms with Gasteiger partial charge in [0.2, 0.25) is 0 Å². The van der Waals surface area contributed by atoms with Gasteiger partial charge in [-0.25, -0.2) is 30.0 Å². The van der Waals surface area contributed by atoms with E-state index in [0.29, 0.717) is 16.7 Å². The third-order valence-electron chi connectivity index (χ3n) is 9.61. The fourth-order valence-electron chi connectivity index (χ4n) is 7.03. The molecule has 5 aromatic rings. The number of aromatic nitrogens is 1. The number of nitrogens with zero attached hydrogens (tertiary/aromatic N) is 8. The highest BCUT2D eigenvalue weighted by Gasteiger charge is 2.43. The molecular formula is C34H9Cl15N8. The van der Waals surface area contributed by atoms with Crippen LogP contribution in [0.3, 0.4) is 0 Å². The van der Waals surface area contributed by atoms with Gasteiger partial charge in [0.1, 0.15) is 16.8 Å². The molecule has 0 fully saturated rings. The van der Waals surface area contributed by atoms with Crippen molar-refractivity contribution < 1.29 is 0 Å². The number of benzene rings is 4. The van der Waals surface area contributed by atoms with Crippen molar-refractivity contribution in [3.63, 3.8) is 0 Å². The molecule has 4 aliphatic rings. The first kappa shape index (κ1) is 41.2. The molecule has 2 atom stereocenters. The summed E-state index contributed by atoms with van der Waals surface area (Å²) in [6, 6.07) is 1.48. The van der Waals surface area contributed by atoms with E-state index in [1.165, 1.54) is 6.07 Å². The first-order valence-corrected chi connectivity index (χ1v) is 21.3. The third kappa shape index (κ3) is 5.78. The van der Waals surface area contributed by atoms with Crippen molar-refractivity contribution in [3.05, 3.63) is 126 Å². The lowest BCUT2D eigenvalue weighted by molar-refractivity contribution is 0.406. The second-order valence-electron chi connectivity index (χ2n) is 12.6. The maximum absolute atomic E-state index is 6.96. The minimum Gasteiger partial charge on any atom is -0.333 e. The predicted octanol–water partition coefficient (Wildman–Crippen LogP) is 14.3. The Labute approximate surface area is 395 Å². The Morgan fingerprint density at radius 1 is 0.421 bits per heavy atom. The molecule has 0 radical (unpaired) electrons. The summed E-state index contributed by atoms with van der Waals surface area (Å²) in [7, 11) is 3.34. The fourth-order valence-corrected chi connectivity index (χ4v) is 10.9. The molecule has 23 heteroatoms. The minimum absolute atomic E-state index is 0.000484. The number of hydrogen-bond acceptors (Lipinski definition) is 7. The van der Waals surface area contributed by atoms with E-state index in [4.69, 9.17) is 204 Å². The number of fused-ring (bicyclic) bond motifs is 18. The standard InChI is InChI=1S/C34H9Cl15N8/c1-56-31-10-11(18(41)24(47)23(46)17(10)40)33(56)54-29-8-9(16(39)22(45)21(44)15(8)38)30(51-29)55-34-13-12(19(42)25(48)26(49)20(13)43)32(57(34)2)53-28-7-6(27(50-28)52-31)4(35)3-5(36)14(7)37/h3,27,33H,1-2H3. The number of aliphatic imine (C=N–C) groups is 4. The Morgan fingerprint density at radius 3 is 1.47 bits per heavy atom. The second-order valence-corrected chi connectivity index (χ2v) is 18.3. The van der Waals surface area contributed by atoms with Crippen molar-refractivity contribution in [2.24, 2.45) is 37.0 Å². The van der Waals surface area contributed by atoms with Crippen molar-refractivity contribution in [1.82, 2.24) is 9.47 Å². The third-order valence-corrected chi connectivity index (χ3v) is 16.1. The smallest absolute Gasteiger partial charge is 0.172 e. The quantitative estimate of drug-likeness (QED) is 0.112. The molecule has 9 rings (SSSR count). The Morgan fingerprint density at radius 2 is 0.895 bits per heavy atom. The molecule has 0 spiro atoms. The van der Waals surface area contributed by atoms with Gasteiger partial charge in [0, 0.05) is 36.3 Å². The highest BCUT2D eigenvalue weighted by Crippen LogP contribution is 2.52. The average molecular weight is 1060 g/mol. The van der Waals surface area contributed by atoms with Crippen LogP contribution in [0, 0.1) is 0 Å². The monoisotopic (exact) mass is 1050 g/mol. The van der Waals surface area contributed by atoms with Gasteiger partial charge in [0.05, 0.1) is 97.2 Å². The van der Waals surface area contributed by atoms with Gasteiger partial charge < -0.3 is 9.47 Å². The van der Waals surface area contributed by atoms with Crippen molar-refractivity contribution in [2.75, 3.05) is 7.05 Å². The van der Waals surface area contributed by atoms with Gasteiger partial charge in [-0.3, -0.25) is 0 Å². The van der Waals surface area contributed by atoms with Crippen molar-refractivity contribution in [2.45, 2.75) is 12.3 Å². The molecule has 290 valence electrons. The highest BCUT2D eigenvalue weighted by atomic mass is 35.5. The van der Waals surface area contributed by atoms with Crippen LogP contribution < -0.4 is 11.0 Å². The van der Waals surface area contributed by atoms with Crippen molar-refractivity contribution >= 4 is 208 Å². The topological polar surface area (TPSA) is 82.3 Å². The normalized spacial score (nSPS) is 17.9. The van der Waals surface area contributed by atoms with Gasteiger partial charge in [-0.15, -0.1) is 0 Å². The lowest BCUT2D eigenvalue weighted by atomic mass is 10.1. The van der Waals surface area contributed by atoms with Crippen molar-refractivity contribution in [3.8, 4) is 0 Å². The van der Waals surface area contributed by atoms with Crippen LogP contribution in [-0.2, 0) is 7.05 Å². The Kier molecular flexibility index (Phi) is 10.5. The second kappa shape index (κ2) is 14.5. The zero-order chi connectivity index (χ0) is 41.0. The lowest BCUT2D eigenvalue weighted by Gasteiger charge is -2.21. The van der Waals surface area contributed by atoms with Gasteiger partial charge in [0.25, 0.3) is 0 Å². The van der Waals surface area contributed by atoms with E-state index in [1.54, 1.807) is 23.6 Å². The molecule has 0 aliphatic carbocycles. The summed E-state index contributed by atoms with van der Waals surface area (Å²) < 4.78 is 1.57. The molecule has 5 heterocycles. The Balaban J connectivity index is 1.52. The number of rotatable bonds is 0. The SMILES string of the molecule is CN1C2=NC3N=C(N=c4c5c(Cl)c(Cl)c(Cl)c(Cl)c5c(n4C)=NC4=NC(=NC1c1c(Cl)c(Cl)c(Cl)c(Cl)c12)c1c(Cl)c(Cl)c(Cl)c(Cl)c14)c1c(Cl)c(Cl)cc(Cl)c13. The largest absolute Gasteiger partial charge is 0.333 e. The van der Waals surface area contributed by atoms with Gasteiger partial charge in [-0.05, 0) is 6.07 Å². The molecule has 0 amide bonds. The van der Waals surface area contributed by atoms with Crippen LogP contribution in [0.5, 0.6) is 0 Å². The molecular weight excluding hydrogens is 1050 g/mol. The molecule has 57 heavy (non-hydrogen) atoms. The fraction of sp³-hybridized carbons (Fsp3) is 0.118. The molecule has 8 nitrogen and oxygen atoms in total. The first-order valence-electron chi connectivity index (χ1n) is 15.6. The summed E-state index contributed by atoms with van der Waals surface area (Å²) in [5.74, 6) is 0.303. The maximum Gasteiger partial charge on any atom is 0.172 e. The summed E-state index contributed by atoms with van der Waals surface area (Å²) in [5, 5.41) is 0.688. The van der Waals surface area contributed by atoms with E-state index >= 15 is 0 Å². The highest BCUT2D eigenvalue weighted by molar-refractivity contribution is 6.57. The van der Waals surface area contributed by atoms with E-state index < -0.39 is 12.3 Å². The van der Waals surface area contributed by atoms with Crippen LogP contribution in [0.25, 0.3) is 10.8 Å². The van der Waals surface area contributed by atoms with E-state index in [0.717, 1.165) is 0 Å². The molecule has 4 aromatic carbocycles. The Hall–Kier alpha value is -1.15. The van der Waals surface area contributed by atoms with Crippen LogP contribution in [0.2, 0.25) is 75.3 Å². The summed E-state index contributed by atoms with van der Waals surface area (Å²) >= 11 is 102. The summed E-state index contributed by atoms with van der Waals surface area (Å²) in [6.45, 7) is 0. The maximum atomic E-state index is 6.96. The lowest BCUT2D eigenvalue weighted by Crippen LogP contribution is -2.26. The molecule has 0 saturated carbocycles. The van der Waals surface area contributed by atoms with Crippen LogP contribution in [0.15, 0.2) is 36.0 Å². The Bertz CT molecular complexity index is 3080. The number of halogens is 15. The molecule has 2 unspecified atom stereocenters. The van der Waals surface area contributed by atoms with Crippen molar-refractivity contribution in [1.29, 1.82) is 0 Å². The van der Waals surface area contributed by atoms with Crippen LogP contribution in [-0.4, -0.2) is 39.9 Å². The number of amidine groups is 4. The predicted molar refractivity (Wildman–Crippen MR) is 239 cm³/mol.